The maximum Gasteiger partial charge on any atom is 0.0883 e. The van der Waals surface area contributed by atoms with Crippen LogP contribution in [0.4, 0.5) is 0 Å². The van der Waals surface area contributed by atoms with Crippen molar-refractivity contribution in [1.29, 1.82) is 0 Å². The minimum atomic E-state index is -0.265. The molecule has 42 heavy (non-hydrogen) atoms. The summed E-state index contributed by atoms with van der Waals surface area (Å²) in [7, 11) is 0. The Morgan fingerprint density at radius 3 is 1.95 bits per heavy atom. The van der Waals surface area contributed by atoms with Crippen LogP contribution in [-0.4, -0.2) is 33.2 Å². The van der Waals surface area contributed by atoms with Crippen LogP contribution in [0, 0.1) is 27.1 Å². The number of aromatic nitrogens is 3. The predicted octanol–water partition coefficient (Wildman–Crippen LogP) is 10.1. The van der Waals surface area contributed by atoms with Crippen LogP contribution in [-0.2, 0) is 16.7 Å². The molecule has 0 fully saturated rings. The van der Waals surface area contributed by atoms with Crippen molar-refractivity contribution < 1.29 is 4.74 Å². The van der Waals surface area contributed by atoms with E-state index in [2.05, 4.69) is 140 Å². The minimum absolute atomic E-state index is 0.00835. The van der Waals surface area contributed by atoms with Crippen molar-refractivity contribution in [3.63, 3.8) is 0 Å². The Bertz CT molecular complexity index is 1010. The zero-order valence-corrected chi connectivity index (χ0v) is 31.2. The van der Waals surface area contributed by atoms with E-state index >= 15 is 0 Å². The van der Waals surface area contributed by atoms with Crippen molar-refractivity contribution in [2.75, 3.05) is 6.61 Å². The SMILES string of the molecule is CC=C(CCC)C(C)(CC)C(C)(C)CC(C)(C)C(C)(C)COC(C)(C)CCn1cc(C(C)(C)CC(C)(C)C(C)N)nn1. The van der Waals surface area contributed by atoms with Crippen molar-refractivity contribution in [1.82, 2.24) is 15.0 Å². The van der Waals surface area contributed by atoms with Crippen LogP contribution in [0.15, 0.2) is 17.8 Å². The summed E-state index contributed by atoms with van der Waals surface area (Å²) >= 11 is 0. The second-order valence-corrected chi connectivity index (χ2v) is 17.6. The summed E-state index contributed by atoms with van der Waals surface area (Å²) in [5.41, 5.74) is 9.01. The molecule has 1 heterocycles. The lowest BCUT2D eigenvalue weighted by Crippen LogP contribution is -2.46. The molecule has 0 radical (unpaired) electrons. The molecule has 0 amide bonds. The zero-order valence-electron chi connectivity index (χ0n) is 31.2. The number of allylic oxidation sites excluding steroid dienone is 2. The van der Waals surface area contributed by atoms with Crippen molar-refractivity contribution in [2.45, 2.75) is 180 Å². The summed E-state index contributed by atoms with van der Waals surface area (Å²) in [5, 5.41) is 9.06. The van der Waals surface area contributed by atoms with Crippen LogP contribution in [0.1, 0.15) is 162 Å². The molecule has 0 aromatic carbocycles. The first-order valence-electron chi connectivity index (χ1n) is 16.8. The van der Waals surface area contributed by atoms with Crippen LogP contribution >= 0.6 is 0 Å². The zero-order chi connectivity index (χ0) is 33.0. The minimum Gasteiger partial charge on any atom is -0.375 e. The fourth-order valence-electron chi connectivity index (χ4n) is 6.82. The molecule has 0 aliphatic rings. The first kappa shape index (κ1) is 38.8. The molecular weight excluding hydrogens is 516 g/mol. The lowest BCUT2D eigenvalue weighted by Gasteiger charge is -2.53. The number of rotatable bonds is 18. The number of hydrogen-bond donors (Lipinski definition) is 1. The second kappa shape index (κ2) is 13.8. The summed E-state index contributed by atoms with van der Waals surface area (Å²) in [6, 6.07) is 0.118. The normalized spacial score (nSPS) is 17.0. The van der Waals surface area contributed by atoms with Gasteiger partial charge in [-0.2, -0.15) is 0 Å². The Hall–Kier alpha value is -1.20. The fourth-order valence-corrected chi connectivity index (χ4v) is 6.82. The molecule has 2 atom stereocenters. The Morgan fingerprint density at radius 2 is 1.48 bits per heavy atom. The number of aryl methyl sites for hydroxylation is 1. The average Bonchev–Trinajstić information content (AvgIpc) is 3.33. The summed E-state index contributed by atoms with van der Waals surface area (Å²) in [5.74, 6) is 0. The molecule has 5 nitrogen and oxygen atoms in total. The summed E-state index contributed by atoms with van der Waals surface area (Å²) in [6.07, 6.45) is 11.0. The molecule has 0 saturated heterocycles. The van der Waals surface area contributed by atoms with Crippen LogP contribution in [0.5, 0.6) is 0 Å². The van der Waals surface area contributed by atoms with Gasteiger partial charge in [0.1, 0.15) is 0 Å². The Kier molecular flexibility index (Phi) is 12.8. The van der Waals surface area contributed by atoms with E-state index in [-0.39, 0.29) is 44.1 Å². The Balaban J connectivity index is 2.94. The van der Waals surface area contributed by atoms with Crippen molar-refractivity contribution >= 4 is 0 Å². The van der Waals surface area contributed by atoms with Crippen LogP contribution < -0.4 is 5.73 Å². The first-order chi connectivity index (χ1) is 18.8. The monoisotopic (exact) mass is 589 g/mol. The van der Waals surface area contributed by atoms with Gasteiger partial charge in [0.2, 0.25) is 0 Å². The average molecular weight is 589 g/mol. The summed E-state index contributed by atoms with van der Waals surface area (Å²) in [4.78, 5) is 0. The van der Waals surface area contributed by atoms with Gasteiger partial charge in [-0.3, -0.25) is 4.68 Å². The van der Waals surface area contributed by atoms with Crippen molar-refractivity contribution in [3.8, 4) is 0 Å². The van der Waals surface area contributed by atoms with E-state index in [9.17, 15) is 0 Å². The van der Waals surface area contributed by atoms with Gasteiger partial charge in [0.05, 0.1) is 17.9 Å². The van der Waals surface area contributed by atoms with Crippen molar-refractivity contribution in [3.05, 3.63) is 23.5 Å². The molecule has 0 spiro atoms. The maximum atomic E-state index is 6.72. The van der Waals surface area contributed by atoms with Gasteiger partial charge < -0.3 is 10.5 Å². The molecule has 0 bridgehead atoms. The molecular formula is C37H72N4O. The maximum absolute atomic E-state index is 6.72. The molecule has 1 rings (SSSR count). The van der Waals surface area contributed by atoms with E-state index < -0.39 is 0 Å². The van der Waals surface area contributed by atoms with Crippen molar-refractivity contribution in [2.24, 2.45) is 32.8 Å². The van der Waals surface area contributed by atoms with Gasteiger partial charge in [0, 0.05) is 24.2 Å². The van der Waals surface area contributed by atoms with E-state index in [0.717, 1.165) is 44.5 Å². The molecule has 5 heteroatoms. The molecule has 1 aromatic rings. The van der Waals surface area contributed by atoms with Gasteiger partial charge in [-0.05, 0) is 86.9 Å². The standard InChI is InChI=1S/C37H72N4O/c1-18-21-29(19-2)37(17,20-3)34(11,12)26-33(9,10)35(13,14)27-42-36(15,16)22-23-41-24-30(39-40-41)32(7,8)25-31(5,6)28(4)38/h19,24,28H,18,20-23,25-27,38H2,1-17H3. The first-order valence-corrected chi connectivity index (χ1v) is 16.8. The highest BCUT2D eigenvalue weighted by atomic mass is 16.5. The van der Waals surface area contributed by atoms with E-state index in [0.29, 0.717) is 0 Å². The Labute approximate surface area is 262 Å². The second-order valence-electron chi connectivity index (χ2n) is 17.6. The number of ether oxygens (including phenoxy) is 1. The predicted molar refractivity (Wildman–Crippen MR) is 183 cm³/mol. The highest BCUT2D eigenvalue weighted by molar-refractivity contribution is 5.18. The van der Waals surface area contributed by atoms with E-state index in [1.807, 2.05) is 4.68 Å². The summed E-state index contributed by atoms with van der Waals surface area (Å²) < 4.78 is 8.70. The Morgan fingerprint density at radius 1 is 0.905 bits per heavy atom. The largest absolute Gasteiger partial charge is 0.375 e. The van der Waals surface area contributed by atoms with Crippen LogP contribution in [0.3, 0.4) is 0 Å². The van der Waals surface area contributed by atoms with Gasteiger partial charge >= 0.3 is 0 Å². The van der Waals surface area contributed by atoms with Gasteiger partial charge in [-0.1, -0.05) is 113 Å². The molecule has 1 aromatic heterocycles. The van der Waals surface area contributed by atoms with Crippen LogP contribution in [0.25, 0.3) is 0 Å². The van der Waals surface area contributed by atoms with Gasteiger partial charge in [0.25, 0.3) is 0 Å². The molecule has 0 saturated carbocycles. The quantitative estimate of drug-likeness (QED) is 0.173. The molecule has 0 aliphatic carbocycles. The highest BCUT2D eigenvalue weighted by Crippen LogP contribution is 2.57. The van der Waals surface area contributed by atoms with Crippen LogP contribution in [0.2, 0.25) is 0 Å². The number of hydrogen-bond acceptors (Lipinski definition) is 4. The summed E-state index contributed by atoms with van der Waals surface area (Å²) in [6.45, 7) is 41.0. The molecule has 2 unspecified atom stereocenters. The van der Waals surface area contributed by atoms with E-state index in [1.54, 1.807) is 5.57 Å². The van der Waals surface area contributed by atoms with E-state index in [4.69, 9.17) is 10.5 Å². The highest BCUT2D eigenvalue weighted by Gasteiger charge is 2.48. The number of nitrogens with two attached hydrogens (primary N) is 1. The third kappa shape index (κ3) is 9.40. The van der Waals surface area contributed by atoms with Gasteiger partial charge in [-0.25, -0.2) is 0 Å². The smallest absolute Gasteiger partial charge is 0.0883 e. The lowest BCUT2D eigenvalue weighted by molar-refractivity contribution is -0.105. The topological polar surface area (TPSA) is 66.0 Å². The molecule has 246 valence electrons. The lowest BCUT2D eigenvalue weighted by atomic mass is 9.52. The fraction of sp³-hybridized carbons (Fsp3) is 0.892. The van der Waals surface area contributed by atoms with Gasteiger partial charge in [0.15, 0.2) is 0 Å². The third-order valence-corrected chi connectivity index (χ3v) is 11.6. The third-order valence-electron chi connectivity index (χ3n) is 11.6. The molecule has 0 aliphatic heterocycles. The van der Waals surface area contributed by atoms with Gasteiger partial charge in [-0.15, -0.1) is 5.10 Å². The van der Waals surface area contributed by atoms with E-state index in [1.165, 1.54) is 12.8 Å². The molecule has 2 N–H and O–H groups in total. The number of nitrogens with zero attached hydrogens (tertiary/aromatic N) is 3.